The second kappa shape index (κ2) is 6.82. The minimum atomic E-state index is -3.49. The number of nitrogens with two attached hydrogens (primary N) is 1. The first-order chi connectivity index (χ1) is 8.45. The first-order valence-electron chi connectivity index (χ1n) is 6.10. The van der Waals surface area contributed by atoms with Crippen molar-refractivity contribution in [2.75, 3.05) is 6.54 Å². The summed E-state index contributed by atoms with van der Waals surface area (Å²) >= 11 is 0. The van der Waals surface area contributed by atoms with Crippen LogP contribution in [0, 0.1) is 5.92 Å². The molecule has 5 nitrogen and oxygen atoms in total. The van der Waals surface area contributed by atoms with Gasteiger partial charge in [0.2, 0.25) is 0 Å². The van der Waals surface area contributed by atoms with E-state index in [1.54, 1.807) is 6.07 Å². The van der Waals surface area contributed by atoms with Crippen molar-refractivity contribution in [3.05, 3.63) is 23.9 Å². The van der Waals surface area contributed by atoms with Crippen LogP contribution in [0.2, 0.25) is 0 Å². The van der Waals surface area contributed by atoms with Crippen LogP contribution >= 0.6 is 0 Å². The van der Waals surface area contributed by atoms with E-state index >= 15 is 0 Å². The molecule has 1 heterocycles. The number of sulfonamides is 1. The summed E-state index contributed by atoms with van der Waals surface area (Å²) in [6, 6.07) is 3.16. The predicted octanol–water partition coefficient (Wildman–Crippen LogP) is 1.25. The molecule has 0 radical (unpaired) electrons. The zero-order valence-electron chi connectivity index (χ0n) is 10.9. The largest absolute Gasteiger partial charge is 0.326 e. The van der Waals surface area contributed by atoms with Crippen LogP contribution in [-0.2, 0) is 16.6 Å². The monoisotopic (exact) mass is 271 g/mol. The normalized spacial score (nSPS) is 12.0. The molecule has 1 rings (SSSR count). The van der Waals surface area contributed by atoms with Gasteiger partial charge in [-0.05, 0) is 30.4 Å². The van der Waals surface area contributed by atoms with Crippen molar-refractivity contribution in [3.8, 4) is 0 Å². The summed E-state index contributed by atoms with van der Waals surface area (Å²) < 4.78 is 26.3. The first kappa shape index (κ1) is 15.1. The van der Waals surface area contributed by atoms with Crippen LogP contribution < -0.4 is 10.5 Å². The first-order valence-corrected chi connectivity index (χ1v) is 7.58. The van der Waals surface area contributed by atoms with Gasteiger partial charge in [-0.3, -0.25) is 0 Å². The number of hydrogen-bond donors (Lipinski definition) is 2. The van der Waals surface area contributed by atoms with Crippen molar-refractivity contribution < 1.29 is 8.42 Å². The molecular weight excluding hydrogens is 250 g/mol. The van der Waals surface area contributed by atoms with E-state index in [1.807, 2.05) is 0 Å². The van der Waals surface area contributed by atoms with E-state index in [9.17, 15) is 8.42 Å². The van der Waals surface area contributed by atoms with Gasteiger partial charge in [0.1, 0.15) is 0 Å². The quantitative estimate of drug-likeness (QED) is 0.731. The van der Waals surface area contributed by atoms with Crippen molar-refractivity contribution in [2.24, 2.45) is 11.7 Å². The van der Waals surface area contributed by atoms with Crippen LogP contribution in [0.5, 0.6) is 0 Å². The van der Waals surface area contributed by atoms with Gasteiger partial charge in [-0.1, -0.05) is 19.9 Å². The molecule has 1 aromatic rings. The molecule has 0 saturated carbocycles. The molecule has 0 aliphatic rings. The molecule has 0 amide bonds. The predicted molar refractivity (Wildman–Crippen MR) is 71.4 cm³/mol. The highest BCUT2D eigenvalue weighted by Crippen LogP contribution is 2.07. The fraction of sp³-hybridized carbons (Fsp3) is 0.583. The molecule has 0 fully saturated rings. The third-order valence-electron chi connectivity index (χ3n) is 2.56. The van der Waals surface area contributed by atoms with Gasteiger partial charge in [-0.2, -0.15) is 0 Å². The third kappa shape index (κ3) is 4.72. The Morgan fingerprint density at radius 1 is 1.39 bits per heavy atom. The van der Waals surface area contributed by atoms with Gasteiger partial charge in [-0.15, -0.1) is 0 Å². The van der Waals surface area contributed by atoms with Crippen molar-refractivity contribution in [1.82, 2.24) is 9.71 Å². The number of hydrogen-bond acceptors (Lipinski definition) is 4. The Labute approximate surface area is 109 Å². The van der Waals surface area contributed by atoms with E-state index in [4.69, 9.17) is 5.73 Å². The molecule has 0 aliphatic carbocycles. The van der Waals surface area contributed by atoms with E-state index in [0.717, 1.165) is 18.4 Å². The van der Waals surface area contributed by atoms with Crippen LogP contribution in [-0.4, -0.2) is 19.9 Å². The fourth-order valence-electron chi connectivity index (χ4n) is 1.48. The van der Waals surface area contributed by atoms with E-state index in [-0.39, 0.29) is 5.03 Å². The fourth-order valence-corrected chi connectivity index (χ4v) is 2.48. The summed E-state index contributed by atoms with van der Waals surface area (Å²) in [4.78, 5) is 3.90. The summed E-state index contributed by atoms with van der Waals surface area (Å²) in [6.07, 6.45) is 3.32. The average molecular weight is 271 g/mol. The van der Waals surface area contributed by atoms with E-state index < -0.39 is 10.0 Å². The Morgan fingerprint density at radius 3 is 2.61 bits per heavy atom. The zero-order chi connectivity index (χ0) is 13.6. The summed E-state index contributed by atoms with van der Waals surface area (Å²) in [6.45, 7) is 5.03. The number of nitrogens with one attached hydrogen (secondary N) is 1. The Bertz CT molecular complexity index is 455. The van der Waals surface area contributed by atoms with E-state index in [0.29, 0.717) is 19.0 Å². The lowest BCUT2D eigenvalue weighted by molar-refractivity contribution is 0.538. The standard InChI is InChI=1S/C12H21N3O2S/c1-10(2)4-3-7-15-18(16,17)12-6-5-11(8-13)9-14-12/h5-6,9-10,15H,3-4,7-8,13H2,1-2H3. The zero-order valence-corrected chi connectivity index (χ0v) is 11.7. The van der Waals surface area contributed by atoms with Gasteiger partial charge in [0.25, 0.3) is 10.0 Å². The van der Waals surface area contributed by atoms with Crippen molar-refractivity contribution in [3.63, 3.8) is 0 Å². The highest BCUT2D eigenvalue weighted by molar-refractivity contribution is 7.89. The van der Waals surface area contributed by atoms with E-state index in [2.05, 4.69) is 23.6 Å². The lowest BCUT2D eigenvalue weighted by atomic mass is 10.1. The second-order valence-corrected chi connectivity index (χ2v) is 6.36. The highest BCUT2D eigenvalue weighted by atomic mass is 32.2. The summed E-state index contributed by atoms with van der Waals surface area (Å²) in [5.74, 6) is 0.580. The van der Waals surface area contributed by atoms with Crippen molar-refractivity contribution in [2.45, 2.75) is 38.3 Å². The third-order valence-corrected chi connectivity index (χ3v) is 3.94. The minimum Gasteiger partial charge on any atom is -0.326 e. The summed E-state index contributed by atoms with van der Waals surface area (Å²) in [7, 11) is -3.49. The molecule has 0 aliphatic heterocycles. The van der Waals surface area contributed by atoms with Gasteiger partial charge >= 0.3 is 0 Å². The molecule has 0 aromatic carbocycles. The molecule has 0 bridgehead atoms. The van der Waals surface area contributed by atoms with Crippen LogP contribution in [0.25, 0.3) is 0 Å². The summed E-state index contributed by atoms with van der Waals surface area (Å²) in [5, 5.41) is 0.0456. The molecule has 0 spiro atoms. The van der Waals surface area contributed by atoms with Crippen LogP contribution in [0.3, 0.4) is 0 Å². The number of pyridine rings is 1. The Morgan fingerprint density at radius 2 is 2.11 bits per heavy atom. The molecule has 0 atom stereocenters. The maximum atomic E-state index is 11.9. The molecular formula is C12H21N3O2S. The van der Waals surface area contributed by atoms with Gasteiger partial charge in [0, 0.05) is 19.3 Å². The molecule has 0 saturated heterocycles. The summed E-state index contributed by atoms with van der Waals surface area (Å²) in [5.41, 5.74) is 6.24. The molecule has 6 heteroatoms. The van der Waals surface area contributed by atoms with Crippen LogP contribution in [0.15, 0.2) is 23.4 Å². The number of rotatable bonds is 7. The SMILES string of the molecule is CC(C)CCCNS(=O)(=O)c1ccc(CN)cn1. The molecule has 0 unspecified atom stereocenters. The Kier molecular flexibility index (Phi) is 5.71. The maximum Gasteiger partial charge on any atom is 0.258 e. The topological polar surface area (TPSA) is 85.1 Å². The maximum absolute atomic E-state index is 11.9. The van der Waals surface area contributed by atoms with Gasteiger partial charge in [0.15, 0.2) is 5.03 Å². The lowest BCUT2D eigenvalue weighted by Gasteiger charge is -2.07. The van der Waals surface area contributed by atoms with Crippen LogP contribution in [0.4, 0.5) is 0 Å². The van der Waals surface area contributed by atoms with Crippen molar-refractivity contribution >= 4 is 10.0 Å². The Hall–Kier alpha value is -0.980. The second-order valence-electron chi connectivity index (χ2n) is 4.64. The average Bonchev–Trinajstić information content (AvgIpc) is 2.34. The smallest absolute Gasteiger partial charge is 0.258 e. The molecule has 18 heavy (non-hydrogen) atoms. The molecule has 102 valence electrons. The molecule has 3 N–H and O–H groups in total. The number of aromatic nitrogens is 1. The van der Waals surface area contributed by atoms with E-state index in [1.165, 1.54) is 12.3 Å². The van der Waals surface area contributed by atoms with Crippen LogP contribution in [0.1, 0.15) is 32.3 Å². The van der Waals surface area contributed by atoms with Gasteiger partial charge < -0.3 is 5.73 Å². The Balaban J connectivity index is 2.57. The molecule has 1 aromatic heterocycles. The van der Waals surface area contributed by atoms with Gasteiger partial charge in [0.05, 0.1) is 0 Å². The number of nitrogens with zero attached hydrogens (tertiary/aromatic N) is 1. The highest BCUT2D eigenvalue weighted by Gasteiger charge is 2.14. The van der Waals surface area contributed by atoms with Crippen molar-refractivity contribution in [1.29, 1.82) is 0 Å². The minimum absolute atomic E-state index is 0.0456. The van der Waals surface area contributed by atoms with Gasteiger partial charge in [-0.25, -0.2) is 18.1 Å². The lowest BCUT2D eigenvalue weighted by Crippen LogP contribution is -2.25.